The Hall–Kier alpha value is -2.36. The molecule has 0 spiro atoms. The molecule has 0 saturated carbocycles. The van der Waals surface area contributed by atoms with Crippen LogP contribution in [-0.2, 0) is 6.54 Å². The average Bonchev–Trinajstić information content (AvgIpc) is 2.64. The van der Waals surface area contributed by atoms with E-state index >= 15 is 0 Å². The first kappa shape index (κ1) is 13.1. The first-order valence-corrected chi connectivity index (χ1v) is 5.96. The van der Waals surface area contributed by atoms with Gasteiger partial charge in [0, 0.05) is 29.1 Å². The molecule has 2 rings (SSSR count). The summed E-state index contributed by atoms with van der Waals surface area (Å²) in [6, 6.07) is 9.67. The first-order chi connectivity index (χ1) is 9.06. The number of aromatic carboxylic acids is 1. The van der Waals surface area contributed by atoms with Crippen molar-refractivity contribution >= 4 is 12.3 Å². The van der Waals surface area contributed by atoms with Crippen molar-refractivity contribution in [1.29, 1.82) is 0 Å². The zero-order chi connectivity index (χ0) is 14.0. The molecule has 0 radical (unpaired) electrons. The van der Waals surface area contributed by atoms with E-state index in [1.54, 1.807) is 13.8 Å². The van der Waals surface area contributed by atoms with Crippen molar-refractivity contribution < 1.29 is 14.7 Å². The van der Waals surface area contributed by atoms with Crippen molar-refractivity contribution in [3.8, 4) is 0 Å². The third kappa shape index (κ3) is 2.29. The molecule has 0 aliphatic carbocycles. The Morgan fingerprint density at radius 1 is 1.21 bits per heavy atom. The molecule has 1 aromatic heterocycles. The molecule has 0 fully saturated rings. The quantitative estimate of drug-likeness (QED) is 0.775. The van der Waals surface area contributed by atoms with Crippen molar-refractivity contribution in [3.63, 3.8) is 0 Å². The fourth-order valence-electron chi connectivity index (χ4n) is 2.31. The van der Waals surface area contributed by atoms with Crippen molar-refractivity contribution in [2.45, 2.75) is 20.4 Å². The Bertz CT molecular complexity index is 627. The fraction of sp³-hybridized carbons (Fsp3) is 0.200. The van der Waals surface area contributed by atoms with Gasteiger partial charge in [0.15, 0.2) is 6.29 Å². The Morgan fingerprint density at radius 2 is 1.84 bits per heavy atom. The zero-order valence-electron chi connectivity index (χ0n) is 10.8. The largest absolute Gasteiger partial charge is 0.545 e. The van der Waals surface area contributed by atoms with Crippen molar-refractivity contribution in [1.82, 2.24) is 4.57 Å². The van der Waals surface area contributed by atoms with E-state index in [4.69, 9.17) is 0 Å². The molecule has 1 aromatic carbocycles. The molecule has 98 valence electrons. The number of carboxylic acid groups (broad SMARTS) is 1. The van der Waals surface area contributed by atoms with Gasteiger partial charge in [-0.25, -0.2) is 0 Å². The summed E-state index contributed by atoms with van der Waals surface area (Å²) in [5.74, 6) is -1.31. The van der Waals surface area contributed by atoms with Gasteiger partial charge in [-0.05, 0) is 19.4 Å². The number of carboxylic acids is 1. The Labute approximate surface area is 111 Å². The lowest BCUT2D eigenvalue weighted by molar-refractivity contribution is -0.255. The average molecular weight is 256 g/mol. The van der Waals surface area contributed by atoms with E-state index in [0.717, 1.165) is 5.56 Å². The highest BCUT2D eigenvalue weighted by Gasteiger charge is 2.17. The summed E-state index contributed by atoms with van der Waals surface area (Å²) in [5, 5.41) is 11.1. The standard InChI is InChI=1S/C15H15NO3/c1-10-13(9-17)14(15(18)19)11(2)16(10)8-12-6-4-3-5-7-12/h3-7,9H,8H2,1-2H3,(H,18,19)/p-1. The van der Waals surface area contributed by atoms with E-state index in [1.807, 2.05) is 34.9 Å². The summed E-state index contributed by atoms with van der Waals surface area (Å²) >= 11 is 0. The summed E-state index contributed by atoms with van der Waals surface area (Å²) in [6.07, 6.45) is 0.578. The molecule has 0 unspecified atom stereocenters. The molecule has 0 atom stereocenters. The van der Waals surface area contributed by atoms with E-state index in [0.29, 0.717) is 24.2 Å². The smallest absolute Gasteiger partial charge is 0.152 e. The van der Waals surface area contributed by atoms with E-state index in [9.17, 15) is 14.7 Å². The SMILES string of the molecule is Cc1c(C=O)c(C(=O)[O-])c(C)n1Cc1ccccc1. The van der Waals surface area contributed by atoms with Gasteiger partial charge in [-0.2, -0.15) is 0 Å². The van der Waals surface area contributed by atoms with Gasteiger partial charge in [0.25, 0.3) is 0 Å². The maximum atomic E-state index is 11.1. The molecule has 4 nitrogen and oxygen atoms in total. The maximum Gasteiger partial charge on any atom is 0.152 e. The zero-order valence-corrected chi connectivity index (χ0v) is 10.8. The maximum absolute atomic E-state index is 11.1. The normalized spacial score (nSPS) is 10.4. The molecule has 0 saturated heterocycles. The molecule has 1 heterocycles. The van der Waals surface area contributed by atoms with Gasteiger partial charge in [0.05, 0.1) is 5.97 Å². The molecular formula is C15H14NO3-. The van der Waals surface area contributed by atoms with Crippen LogP contribution in [0.3, 0.4) is 0 Å². The topological polar surface area (TPSA) is 62.1 Å². The van der Waals surface area contributed by atoms with Crippen LogP contribution in [0.15, 0.2) is 30.3 Å². The summed E-state index contributed by atoms with van der Waals surface area (Å²) in [7, 11) is 0. The summed E-state index contributed by atoms with van der Waals surface area (Å²) in [5.41, 5.74) is 2.43. The van der Waals surface area contributed by atoms with E-state index in [1.165, 1.54) is 0 Å². The Balaban J connectivity index is 2.53. The predicted molar refractivity (Wildman–Crippen MR) is 69.2 cm³/mol. The second-order valence-electron chi connectivity index (χ2n) is 4.44. The van der Waals surface area contributed by atoms with Crippen molar-refractivity contribution in [2.24, 2.45) is 0 Å². The van der Waals surface area contributed by atoms with E-state index < -0.39 is 5.97 Å². The minimum absolute atomic E-state index is 0.0107. The monoisotopic (exact) mass is 256 g/mol. The molecule has 0 N–H and O–H groups in total. The molecule has 19 heavy (non-hydrogen) atoms. The second-order valence-corrected chi connectivity index (χ2v) is 4.44. The lowest BCUT2D eigenvalue weighted by atomic mass is 10.1. The third-order valence-electron chi connectivity index (χ3n) is 3.34. The fourth-order valence-corrected chi connectivity index (χ4v) is 2.31. The molecule has 0 aliphatic heterocycles. The number of aldehydes is 1. The van der Waals surface area contributed by atoms with Crippen LogP contribution in [0, 0.1) is 13.8 Å². The number of nitrogens with zero attached hydrogens (tertiary/aromatic N) is 1. The van der Waals surface area contributed by atoms with Gasteiger partial charge in [-0.3, -0.25) is 4.79 Å². The summed E-state index contributed by atoms with van der Waals surface area (Å²) in [4.78, 5) is 22.2. The highest BCUT2D eigenvalue weighted by atomic mass is 16.4. The number of hydrogen-bond donors (Lipinski definition) is 0. The van der Waals surface area contributed by atoms with E-state index in [-0.39, 0.29) is 11.1 Å². The van der Waals surface area contributed by atoms with Crippen LogP contribution in [0.25, 0.3) is 0 Å². The van der Waals surface area contributed by atoms with Crippen LogP contribution >= 0.6 is 0 Å². The number of rotatable bonds is 4. The highest BCUT2D eigenvalue weighted by molar-refractivity contribution is 5.98. The van der Waals surface area contributed by atoms with E-state index in [2.05, 4.69) is 0 Å². The molecule has 4 heteroatoms. The Morgan fingerprint density at radius 3 is 2.32 bits per heavy atom. The van der Waals surface area contributed by atoms with Gasteiger partial charge in [-0.1, -0.05) is 30.3 Å². The van der Waals surface area contributed by atoms with Crippen LogP contribution in [0.5, 0.6) is 0 Å². The Kier molecular flexibility index (Phi) is 3.51. The minimum atomic E-state index is -1.31. The summed E-state index contributed by atoms with van der Waals surface area (Å²) < 4.78 is 1.82. The minimum Gasteiger partial charge on any atom is -0.545 e. The number of carbonyl (C=O) groups excluding carboxylic acids is 2. The van der Waals surface area contributed by atoms with Crippen molar-refractivity contribution in [3.05, 3.63) is 58.4 Å². The molecule has 2 aromatic rings. The molecular weight excluding hydrogens is 242 g/mol. The highest BCUT2D eigenvalue weighted by Crippen LogP contribution is 2.21. The van der Waals surface area contributed by atoms with Crippen molar-refractivity contribution in [2.75, 3.05) is 0 Å². The van der Waals surface area contributed by atoms with Crippen LogP contribution < -0.4 is 5.11 Å². The second kappa shape index (κ2) is 5.10. The van der Waals surface area contributed by atoms with Crippen LogP contribution in [0.4, 0.5) is 0 Å². The van der Waals surface area contributed by atoms with Gasteiger partial charge in [-0.15, -0.1) is 0 Å². The lowest BCUT2D eigenvalue weighted by Gasteiger charge is -2.10. The molecule has 0 aliphatic rings. The molecule has 0 bridgehead atoms. The lowest BCUT2D eigenvalue weighted by Crippen LogP contribution is -2.24. The number of benzene rings is 1. The van der Waals surface area contributed by atoms with Gasteiger partial charge in [0.2, 0.25) is 0 Å². The first-order valence-electron chi connectivity index (χ1n) is 5.96. The van der Waals surface area contributed by atoms with Gasteiger partial charge in [0.1, 0.15) is 0 Å². The molecule has 0 amide bonds. The van der Waals surface area contributed by atoms with Gasteiger partial charge < -0.3 is 14.5 Å². The third-order valence-corrected chi connectivity index (χ3v) is 3.34. The van der Waals surface area contributed by atoms with Crippen LogP contribution in [0.2, 0.25) is 0 Å². The van der Waals surface area contributed by atoms with Crippen LogP contribution in [0.1, 0.15) is 37.7 Å². The predicted octanol–water partition coefficient (Wildman–Crippen LogP) is 1.33. The van der Waals surface area contributed by atoms with Crippen LogP contribution in [-0.4, -0.2) is 16.8 Å². The number of aromatic nitrogens is 1. The number of hydrogen-bond acceptors (Lipinski definition) is 3. The number of carbonyl (C=O) groups is 2. The summed E-state index contributed by atoms with van der Waals surface area (Å²) in [6.45, 7) is 3.97. The van der Waals surface area contributed by atoms with Gasteiger partial charge >= 0.3 is 0 Å².